The van der Waals surface area contributed by atoms with Gasteiger partial charge in [0.25, 0.3) is 0 Å². The average Bonchev–Trinajstić information content (AvgIpc) is 3.83. The van der Waals surface area contributed by atoms with E-state index in [9.17, 15) is 14.4 Å². The van der Waals surface area contributed by atoms with Gasteiger partial charge >= 0.3 is 17.9 Å². The van der Waals surface area contributed by atoms with E-state index >= 15 is 0 Å². The highest BCUT2D eigenvalue weighted by Crippen LogP contribution is 2.54. The summed E-state index contributed by atoms with van der Waals surface area (Å²) in [5, 5.41) is 0. The molecule has 3 saturated carbocycles. The highest BCUT2D eigenvalue weighted by molar-refractivity contribution is 5.78. The van der Waals surface area contributed by atoms with Crippen LogP contribution >= 0.6 is 0 Å². The average molecular weight is 661 g/mol. The Morgan fingerprint density at radius 3 is 1.02 bits per heavy atom. The summed E-state index contributed by atoms with van der Waals surface area (Å²) >= 11 is 0. The van der Waals surface area contributed by atoms with Gasteiger partial charge in [-0.05, 0) is 126 Å². The van der Waals surface area contributed by atoms with Crippen molar-refractivity contribution in [3.8, 4) is 0 Å². The summed E-state index contributed by atoms with van der Waals surface area (Å²) in [5.74, 6) is -0.731. The summed E-state index contributed by atoms with van der Waals surface area (Å²) in [6.07, 6.45) is 8.55. The molecule has 47 heavy (non-hydrogen) atoms. The van der Waals surface area contributed by atoms with Crippen molar-refractivity contribution < 1.29 is 42.8 Å². The molecule has 6 fully saturated rings. The van der Waals surface area contributed by atoms with Crippen molar-refractivity contribution in [2.24, 2.45) is 23.2 Å². The van der Waals surface area contributed by atoms with Crippen LogP contribution in [0.5, 0.6) is 0 Å². The lowest BCUT2D eigenvalue weighted by Crippen LogP contribution is -2.44. The van der Waals surface area contributed by atoms with Crippen molar-refractivity contribution in [3.63, 3.8) is 0 Å². The number of rotatable bonds is 12. The Bertz CT molecular complexity index is 1120. The highest BCUT2D eigenvalue weighted by atomic mass is 16.6. The van der Waals surface area contributed by atoms with E-state index in [0.29, 0.717) is 0 Å². The monoisotopic (exact) mass is 660 g/mol. The summed E-state index contributed by atoms with van der Waals surface area (Å²) in [6, 6.07) is 0. The fourth-order valence-corrected chi connectivity index (χ4v) is 9.30. The highest BCUT2D eigenvalue weighted by Gasteiger charge is 2.60. The fourth-order valence-electron chi connectivity index (χ4n) is 9.30. The number of carbonyl (C=O) groups excluding carboxylic acids is 3. The lowest BCUT2D eigenvalue weighted by molar-refractivity contribution is -0.173. The van der Waals surface area contributed by atoms with Crippen molar-refractivity contribution in [1.82, 2.24) is 0 Å². The summed E-state index contributed by atoms with van der Waals surface area (Å²) in [7, 11) is 0. The molecule has 0 aromatic carbocycles. The summed E-state index contributed by atoms with van der Waals surface area (Å²) < 4.78 is 36.2. The maximum Gasteiger partial charge on any atom is 0.306 e. The Hall–Kier alpha value is -1.71. The lowest BCUT2D eigenvalue weighted by atomic mass is 9.74. The minimum Gasteiger partial charge on any atom is -0.459 e. The Morgan fingerprint density at radius 1 is 0.532 bits per heavy atom. The van der Waals surface area contributed by atoms with Gasteiger partial charge in [-0.1, -0.05) is 6.92 Å². The maximum atomic E-state index is 13.7. The van der Waals surface area contributed by atoms with Gasteiger partial charge in [-0.2, -0.15) is 0 Å². The molecular formula is C38H60O9. The van der Waals surface area contributed by atoms with Crippen LogP contribution in [0.25, 0.3) is 0 Å². The van der Waals surface area contributed by atoms with Crippen molar-refractivity contribution in [2.75, 3.05) is 0 Å². The molecule has 9 unspecified atom stereocenters. The van der Waals surface area contributed by atoms with E-state index in [4.69, 9.17) is 28.4 Å². The molecule has 9 heteroatoms. The molecule has 0 N–H and O–H groups in total. The third kappa shape index (κ3) is 7.42. The molecule has 0 spiro atoms. The Labute approximate surface area is 281 Å². The number of esters is 3. The smallest absolute Gasteiger partial charge is 0.306 e. The Kier molecular flexibility index (Phi) is 8.53. The van der Waals surface area contributed by atoms with E-state index in [-0.39, 0.29) is 72.1 Å². The third-order valence-electron chi connectivity index (χ3n) is 13.4. The second-order valence-electron chi connectivity index (χ2n) is 18.7. The molecular weight excluding hydrogens is 600 g/mol. The standard InChI is InChI=1S/C38H60O9/c1-32(2,23-11-14-36(8)26(17-23)42-36)45-29(39)20-35(7,21-30(40)46-33(3,4)24-12-15-37(9)27(18-24)43-37)22-31(41)47-34(5,6)25-13-16-38(10)28(19-25)44-38/h23-28H,11-22H2,1-10H3. The van der Waals surface area contributed by atoms with Crippen LogP contribution in [0.2, 0.25) is 0 Å². The first-order chi connectivity index (χ1) is 21.6. The maximum absolute atomic E-state index is 13.7. The number of carbonyl (C=O) groups is 3. The van der Waals surface area contributed by atoms with Crippen LogP contribution in [-0.4, -0.2) is 69.8 Å². The molecule has 0 radical (unpaired) electrons. The van der Waals surface area contributed by atoms with Crippen LogP contribution in [0.3, 0.4) is 0 Å². The normalized spacial score (nSPS) is 40.5. The molecule has 3 heterocycles. The van der Waals surface area contributed by atoms with Gasteiger partial charge in [0.05, 0.1) is 54.4 Å². The molecule has 6 rings (SSSR count). The number of fused-ring (bicyclic) bond motifs is 3. The predicted octanol–water partition coefficient (Wildman–Crippen LogP) is 7.00. The largest absolute Gasteiger partial charge is 0.459 e. The molecule has 3 aliphatic heterocycles. The SMILES string of the molecule is CC(CC(=O)OC(C)(C)C1CCC2(C)OC2C1)(CC(=O)OC(C)(C)C1CCC2(C)OC2C1)CC(=O)OC(C)(C)C1CCC2(C)OC2C1. The van der Waals surface area contributed by atoms with Gasteiger partial charge in [-0.15, -0.1) is 0 Å². The minimum atomic E-state index is -1.05. The number of ether oxygens (including phenoxy) is 6. The van der Waals surface area contributed by atoms with Gasteiger partial charge in [0.2, 0.25) is 0 Å². The zero-order valence-electron chi connectivity index (χ0n) is 30.6. The number of hydrogen-bond acceptors (Lipinski definition) is 9. The zero-order valence-corrected chi connectivity index (χ0v) is 30.6. The molecule has 3 saturated heterocycles. The van der Waals surface area contributed by atoms with Gasteiger partial charge in [0.1, 0.15) is 16.8 Å². The molecule has 0 aromatic heterocycles. The van der Waals surface area contributed by atoms with Gasteiger partial charge in [0, 0.05) is 17.8 Å². The molecule has 0 bridgehead atoms. The van der Waals surface area contributed by atoms with E-state index in [1.165, 1.54) is 0 Å². The van der Waals surface area contributed by atoms with Crippen LogP contribution in [0.4, 0.5) is 0 Å². The van der Waals surface area contributed by atoms with E-state index in [1.54, 1.807) is 0 Å². The minimum absolute atomic E-state index is 0.0244. The van der Waals surface area contributed by atoms with Gasteiger partial charge in [0.15, 0.2) is 0 Å². The molecule has 3 aliphatic carbocycles. The van der Waals surface area contributed by atoms with Gasteiger partial charge in [-0.3, -0.25) is 14.4 Å². The first kappa shape index (κ1) is 35.1. The number of epoxide rings is 3. The topological polar surface area (TPSA) is 116 Å². The second kappa shape index (κ2) is 11.4. The molecule has 0 amide bonds. The molecule has 0 aromatic rings. The van der Waals surface area contributed by atoms with Crippen molar-refractivity contribution in [3.05, 3.63) is 0 Å². The van der Waals surface area contributed by atoms with Crippen LogP contribution in [0.1, 0.15) is 146 Å². The van der Waals surface area contributed by atoms with Crippen LogP contribution < -0.4 is 0 Å². The van der Waals surface area contributed by atoms with E-state index in [1.807, 2.05) is 48.5 Å². The zero-order chi connectivity index (χ0) is 34.4. The van der Waals surface area contributed by atoms with Gasteiger partial charge in [-0.25, -0.2) is 0 Å². The molecule has 9 nitrogen and oxygen atoms in total. The Balaban J connectivity index is 1.10. The van der Waals surface area contributed by atoms with Crippen LogP contribution in [0, 0.1) is 23.2 Å². The predicted molar refractivity (Wildman–Crippen MR) is 174 cm³/mol. The molecule has 9 atom stereocenters. The van der Waals surface area contributed by atoms with Crippen LogP contribution in [0.15, 0.2) is 0 Å². The fraction of sp³-hybridized carbons (Fsp3) is 0.921. The summed E-state index contributed by atoms with van der Waals surface area (Å²) in [4.78, 5) is 41.0. The quantitative estimate of drug-likeness (QED) is 0.124. The van der Waals surface area contributed by atoms with Gasteiger partial charge < -0.3 is 28.4 Å². The van der Waals surface area contributed by atoms with E-state index < -0.39 is 40.1 Å². The second-order valence-corrected chi connectivity index (χ2v) is 18.7. The lowest BCUT2D eigenvalue weighted by Gasteiger charge is -2.39. The third-order valence-corrected chi connectivity index (χ3v) is 13.4. The molecule has 266 valence electrons. The Morgan fingerprint density at radius 2 is 0.787 bits per heavy atom. The summed E-state index contributed by atoms with van der Waals surface area (Å²) in [6.45, 7) is 20.0. The van der Waals surface area contributed by atoms with Crippen molar-refractivity contribution in [1.29, 1.82) is 0 Å². The summed E-state index contributed by atoms with van der Waals surface area (Å²) in [5.41, 5.74) is -3.21. The number of hydrogen-bond donors (Lipinski definition) is 0. The first-order valence-corrected chi connectivity index (χ1v) is 18.2. The van der Waals surface area contributed by atoms with Crippen molar-refractivity contribution in [2.45, 2.75) is 198 Å². The van der Waals surface area contributed by atoms with Crippen LogP contribution in [-0.2, 0) is 42.8 Å². The van der Waals surface area contributed by atoms with Crippen molar-refractivity contribution >= 4 is 17.9 Å². The van der Waals surface area contributed by atoms with E-state index in [2.05, 4.69) is 20.8 Å². The molecule has 6 aliphatic rings. The first-order valence-electron chi connectivity index (χ1n) is 18.2. The van der Waals surface area contributed by atoms with E-state index in [0.717, 1.165) is 57.8 Å².